The number of benzene rings is 2. The van der Waals surface area contributed by atoms with Gasteiger partial charge >= 0.3 is 188 Å². The van der Waals surface area contributed by atoms with Crippen molar-refractivity contribution < 1.29 is 24.7 Å². The summed E-state index contributed by atoms with van der Waals surface area (Å²) in [4.78, 5) is 0. The van der Waals surface area contributed by atoms with Gasteiger partial charge in [0.25, 0.3) is 0 Å². The molecular formula is C27H22AtN. The number of rotatable bonds is 0. The van der Waals surface area contributed by atoms with E-state index >= 15 is 0 Å². The van der Waals surface area contributed by atoms with Crippen LogP contribution in [0.2, 0.25) is 0 Å². The van der Waals surface area contributed by atoms with Crippen molar-refractivity contribution in [1.82, 2.24) is 4.57 Å². The van der Waals surface area contributed by atoms with E-state index < -0.39 is 0 Å². The summed E-state index contributed by atoms with van der Waals surface area (Å²) < 4.78 is 3.82. The fourth-order valence-corrected chi connectivity index (χ4v) is 6.94. The average molecular weight is 570 g/mol. The van der Waals surface area contributed by atoms with E-state index in [1.54, 1.807) is 24.7 Å². The van der Waals surface area contributed by atoms with E-state index in [2.05, 4.69) is 98.3 Å². The SMILES string of the molecule is Cc1c2c(c([At])n1C)C1=C(C=CC(C)C=C1)C21c2ccccc2-c2ccccc21. The monoisotopic (exact) mass is 570 g/mol. The van der Waals surface area contributed by atoms with Crippen LogP contribution in [0.5, 0.6) is 0 Å². The van der Waals surface area contributed by atoms with Gasteiger partial charge in [-0.15, -0.1) is 0 Å². The van der Waals surface area contributed by atoms with E-state index in [1.165, 1.54) is 53.6 Å². The Morgan fingerprint density at radius 3 is 2.14 bits per heavy atom. The Morgan fingerprint density at radius 2 is 1.48 bits per heavy atom. The van der Waals surface area contributed by atoms with Gasteiger partial charge in [-0.2, -0.15) is 0 Å². The zero-order chi connectivity index (χ0) is 19.9. The maximum absolute atomic E-state index is 2.42. The summed E-state index contributed by atoms with van der Waals surface area (Å²) in [7, 11) is 2.22. The molecule has 3 aromatic rings. The van der Waals surface area contributed by atoms with Gasteiger partial charge in [-0.05, 0) is 0 Å². The van der Waals surface area contributed by atoms with Crippen LogP contribution in [0.3, 0.4) is 0 Å². The molecule has 0 aliphatic heterocycles. The first-order valence-corrected chi connectivity index (χ1v) is 11.7. The molecule has 2 aromatic carbocycles. The van der Waals surface area contributed by atoms with E-state index in [9.17, 15) is 0 Å². The molecule has 142 valence electrons. The first-order valence-electron chi connectivity index (χ1n) is 10.2. The number of fused-ring (bicyclic) bond motifs is 9. The predicted octanol–water partition coefficient (Wildman–Crippen LogP) is 5.35. The summed E-state index contributed by atoms with van der Waals surface area (Å²) in [5.74, 6) is 0.447. The van der Waals surface area contributed by atoms with Crippen LogP contribution in [-0.2, 0) is 12.5 Å². The summed E-state index contributed by atoms with van der Waals surface area (Å²) in [5.41, 5.74) is 12.6. The Morgan fingerprint density at radius 1 is 0.897 bits per heavy atom. The fraction of sp³-hybridized carbons (Fsp3) is 0.185. The molecule has 0 saturated carbocycles. The third-order valence-electron chi connectivity index (χ3n) is 7.04. The Hall–Kier alpha value is -2.18. The van der Waals surface area contributed by atoms with Gasteiger partial charge in [0.1, 0.15) is 0 Å². The van der Waals surface area contributed by atoms with Crippen LogP contribution < -0.4 is 3.40 Å². The van der Waals surface area contributed by atoms with Crippen molar-refractivity contribution in [3.05, 3.63) is 106 Å². The van der Waals surface area contributed by atoms with Gasteiger partial charge in [-0.1, -0.05) is 0 Å². The van der Waals surface area contributed by atoms with E-state index in [1.807, 2.05) is 0 Å². The minimum absolute atomic E-state index is 0.214. The first-order chi connectivity index (χ1) is 14.1. The second kappa shape index (κ2) is 5.92. The molecule has 0 bridgehead atoms. The molecule has 0 fully saturated rings. The van der Waals surface area contributed by atoms with E-state index in [0.29, 0.717) is 5.92 Å². The molecule has 0 saturated heterocycles. The molecule has 6 rings (SSSR count). The van der Waals surface area contributed by atoms with Crippen molar-refractivity contribution >= 4 is 8.97 Å². The molecule has 0 amide bonds. The van der Waals surface area contributed by atoms with Crippen molar-refractivity contribution in [3.63, 3.8) is 0 Å². The summed E-state index contributed by atoms with van der Waals surface area (Å²) in [6, 6.07) is 18.1. The summed E-state index contributed by atoms with van der Waals surface area (Å²) >= 11 is 1.78. The molecule has 2 heteroatoms. The Labute approximate surface area is 187 Å². The first kappa shape index (κ1) is 17.7. The molecule has 3 aliphatic rings. The van der Waals surface area contributed by atoms with Crippen molar-refractivity contribution in [3.8, 4) is 11.1 Å². The Balaban J connectivity index is 1.86. The topological polar surface area (TPSA) is 4.93 Å². The molecule has 1 atom stereocenters. The van der Waals surface area contributed by atoms with Crippen LogP contribution in [0.25, 0.3) is 16.7 Å². The molecule has 1 aromatic heterocycles. The summed E-state index contributed by atoms with van der Waals surface area (Å²) in [6.07, 6.45) is 9.52. The molecule has 0 radical (unpaired) electrons. The van der Waals surface area contributed by atoms with Crippen LogP contribution in [0, 0.1) is 37.6 Å². The third-order valence-corrected chi connectivity index (χ3v) is 8.76. The molecule has 1 spiro atoms. The second-order valence-corrected chi connectivity index (χ2v) is 9.82. The number of hydrogen-bond acceptors (Lipinski definition) is 0. The van der Waals surface area contributed by atoms with Gasteiger partial charge in [0.15, 0.2) is 0 Å². The fourth-order valence-electron chi connectivity index (χ4n) is 5.69. The van der Waals surface area contributed by atoms with Crippen LogP contribution in [0.15, 0.2) is 78.4 Å². The van der Waals surface area contributed by atoms with Crippen molar-refractivity contribution in [2.24, 2.45) is 13.0 Å². The molecule has 1 unspecified atom stereocenters. The number of hydrogen-bond donors (Lipinski definition) is 0. The van der Waals surface area contributed by atoms with E-state index in [0.717, 1.165) is 0 Å². The molecule has 1 heterocycles. The van der Waals surface area contributed by atoms with Crippen LogP contribution in [0.1, 0.15) is 34.9 Å². The Bertz CT molecular complexity index is 1250. The average Bonchev–Trinajstić information content (AvgIpc) is 3.21. The molecule has 0 N–H and O–H groups in total. The number of nitrogens with zero attached hydrogens (tertiary/aromatic N) is 1. The summed E-state index contributed by atoms with van der Waals surface area (Å²) in [5, 5.41) is 0. The van der Waals surface area contributed by atoms with Crippen molar-refractivity contribution in [1.29, 1.82) is 0 Å². The van der Waals surface area contributed by atoms with Crippen molar-refractivity contribution in [2.45, 2.75) is 19.3 Å². The van der Waals surface area contributed by atoms with Crippen LogP contribution in [0.4, 0.5) is 0 Å². The van der Waals surface area contributed by atoms with Gasteiger partial charge < -0.3 is 0 Å². The molecular weight excluding hydrogens is 548 g/mol. The third kappa shape index (κ3) is 1.99. The number of aromatic nitrogens is 1. The quantitative estimate of drug-likeness (QED) is 0.344. The summed E-state index contributed by atoms with van der Waals surface area (Å²) in [6.45, 7) is 4.57. The zero-order valence-corrected chi connectivity index (χ0v) is 19.8. The van der Waals surface area contributed by atoms with Gasteiger partial charge in [-0.3, -0.25) is 0 Å². The van der Waals surface area contributed by atoms with Crippen molar-refractivity contribution in [2.75, 3.05) is 0 Å². The van der Waals surface area contributed by atoms with Gasteiger partial charge in [0.2, 0.25) is 0 Å². The van der Waals surface area contributed by atoms with Gasteiger partial charge in [0, 0.05) is 0 Å². The molecule has 1 nitrogen and oxygen atoms in total. The zero-order valence-electron chi connectivity index (χ0n) is 16.8. The van der Waals surface area contributed by atoms with E-state index in [-0.39, 0.29) is 5.41 Å². The van der Waals surface area contributed by atoms with E-state index in [4.69, 9.17) is 0 Å². The normalized spacial score (nSPS) is 19.9. The second-order valence-electron chi connectivity index (χ2n) is 8.43. The Kier molecular flexibility index (Phi) is 3.61. The molecule has 3 aliphatic carbocycles. The van der Waals surface area contributed by atoms with Crippen LogP contribution in [-0.4, -0.2) is 4.57 Å². The van der Waals surface area contributed by atoms with Crippen LogP contribution >= 0.6 is 0 Å². The maximum atomic E-state index is 2.42. The van der Waals surface area contributed by atoms with Gasteiger partial charge in [0.05, 0.1) is 0 Å². The molecule has 29 heavy (non-hydrogen) atoms. The predicted molar refractivity (Wildman–Crippen MR) is 116 cm³/mol. The number of allylic oxidation sites excluding steroid dienone is 6. The minimum atomic E-state index is -0.214. The van der Waals surface area contributed by atoms with Gasteiger partial charge in [-0.25, -0.2) is 0 Å². The standard InChI is InChI=1S/C27H22AtN/c1-16-12-14-20-23(15-13-16)27(25-17(2)29(3)26(28)24(20)25)21-10-6-4-8-18(21)19-9-5-7-11-22(19)27/h4-16H,1-3H3.